The van der Waals surface area contributed by atoms with Crippen molar-refractivity contribution in [2.75, 3.05) is 50.0 Å². The van der Waals surface area contributed by atoms with Gasteiger partial charge in [-0.15, -0.1) is 0 Å². The molecule has 0 spiro atoms. The summed E-state index contributed by atoms with van der Waals surface area (Å²) < 4.78 is 6.33. The van der Waals surface area contributed by atoms with Crippen LogP contribution in [0.2, 0.25) is 0 Å². The molecule has 1 aromatic heterocycles. The van der Waals surface area contributed by atoms with Gasteiger partial charge in [0.1, 0.15) is 5.82 Å². The van der Waals surface area contributed by atoms with Crippen molar-refractivity contribution in [1.29, 1.82) is 0 Å². The van der Waals surface area contributed by atoms with Crippen LogP contribution in [0.15, 0.2) is 41.0 Å². The third-order valence-corrected chi connectivity index (χ3v) is 4.31. The molecule has 0 bridgehead atoms. The smallest absolute Gasteiger partial charge is 0.229 e. The lowest BCUT2D eigenvalue weighted by atomic mass is 10.3. The average molecular weight is 378 g/mol. The summed E-state index contributed by atoms with van der Waals surface area (Å²) >= 11 is 3.51. The molecule has 1 aliphatic heterocycles. The number of hydrogen-bond acceptors (Lipinski definition) is 6. The number of aromatic nitrogens is 2. The quantitative estimate of drug-likeness (QED) is 0.806. The summed E-state index contributed by atoms with van der Waals surface area (Å²) in [4.78, 5) is 11.1. The molecular weight excluding hydrogens is 358 g/mol. The number of ether oxygens (including phenoxy) is 1. The van der Waals surface area contributed by atoms with E-state index in [1.54, 1.807) is 6.20 Å². The maximum atomic E-state index is 5.35. The summed E-state index contributed by atoms with van der Waals surface area (Å²) in [6, 6.07) is 9.78. The number of hydrogen-bond donors (Lipinski definition) is 2. The lowest BCUT2D eigenvalue weighted by Crippen LogP contribution is -2.39. The molecule has 122 valence electrons. The minimum absolute atomic E-state index is 0.577. The molecule has 1 aromatic carbocycles. The second kappa shape index (κ2) is 8.24. The number of halogens is 1. The van der Waals surface area contributed by atoms with Gasteiger partial charge in [-0.1, -0.05) is 12.1 Å². The van der Waals surface area contributed by atoms with Crippen LogP contribution >= 0.6 is 15.9 Å². The van der Waals surface area contributed by atoms with E-state index in [0.29, 0.717) is 5.95 Å². The van der Waals surface area contributed by atoms with Crippen molar-refractivity contribution in [3.8, 4) is 0 Å². The molecule has 3 rings (SSSR count). The molecule has 0 radical (unpaired) electrons. The van der Waals surface area contributed by atoms with Gasteiger partial charge < -0.3 is 15.4 Å². The summed E-state index contributed by atoms with van der Waals surface area (Å²) in [6.07, 6.45) is 1.75. The monoisotopic (exact) mass is 377 g/mol. The maximum Gasteiger partial charge on any atom is 0.229 e. The molecule has 0 aliphatic carbocycles. The van der Waals surface area contributed by atoms with Crippen LogP contribution in [-0.4, -0.2) is 54.3 Å². The third kappa shape index (κ3) is 4.89. The number of morpholine rings is 1. The predicted molar refractivity (Wildman–Crippen MR) is 95.2 cm³/mol. The molecule has 7 heteroatoms. The molecule has 0 unspecified atom stereocenters. The first-order valence-electron chi connectivity index (χ1n) is 7.70. The van der Waals surface area contributed by atoms with Gasteiger partial charge in [0.05, 0.1) is 18.9 Å². The first-order chi connectivity index (χ1) is 11.3. The van der Waals surface area contributed by atoms with Crippen molar-refractivity contribution < 1.29 is 4.74 Å². The van der Waals surface area contributed by atoms with Crippen LogP contribution in [0, 0.1) is 0 Å². The first-order valence-corrected chi connectivity index (χ1v) is 8.49. The molecule has 2 N–H and O–H groups in total. The van der Waals surface area contributed by atoms with Gasteiger partial charge in [0, 0.05) is 36.8 Å². The third-order valence-electron chi connectivity index (χ3n) is 3.61. The van der Waals surface area contributed by atoms with Crippen molar-refractivity contribution >= 4 is 33.4 Å². The molecule has 2 aromatic rings. The number of benzene rings is 1. The van der Waals surface area contributed by atoms with Crippen LogP contribution in [0.1, 0.15) is 0 Å². The van der Waals surface area contributed by atoms with Crippen molar-refractivity contribution in [3.63, 3.8) is 0 Å². The van der Waals surface area contributed by atoms with E-state index >= 15 is 0 Å². The molecule has 1 saturated heterocycles. The zero-order valence-electron chi connectivity index (χ0n) is 12.8. The van der Waals surface area contributed by atoms with E-state index in [9.17, 15) is 0 Å². The molecular formula is C16H20BrN5O. The Morgan fingerprint density at radius 2 is 2.00 bits per heavy atom. The summed E-state index contributed by atoms with van der Waals surface area (Å²) in [6.45, 7) is 5.49. The van der Waals surface area contributed by atoms with E-state index in [0.717, 1.165) is 55.4 Å². The highest BCUT2D eigenvalue weighted by Crippen LogP contribution is 2.23. The van der Waals surface area contributed by atoms with Gasteiger partial charge >= 0.3 is 0 Å². The molecule has 0 amide bonds. The van der Waals surface area contributed by atoms with Gasteiger partial charge in [-0.3, -0.25) is 4.90 Å². The summed E-state index contributed by atoms with van der Waals surface area (Å²) in [5.74, 6) is 1.40. The highest BCUT2D eigenvalue weighted by atomic mass is 79.9. The van der Waals surface area contributed by atoms with Gasteiger partial charge in [0.25, 0.3) is 0 Å². The Morgan fingerprint density at radius 1 is 1.17 bits per heavy atom. The Hall–Kier alpha value is -1.70. The van der Waals surface area contributed by atoms with Crippen LogP contribution in [0.3, 0.4) is 0 Å². The largest absolute Gasteiger partial charge is 0.379 e. The summed E-state index contributed by atoms with van der Waals surface area (Å²) in [7, 11) is 0. The molecule has 2 heterocycles. The van der Waals surface area contributed by atoms with Crippen molar-refractivity contribution in [1.82, 2.24) is 14.9 Å². The molecule has 0 atom stereocenters. The molecule has 1 aliphatic rings. The number of para-hydroxylation sites is 1. The van der Waals surface area contributed by atoms with E-state index in [1.807, 2.05) is 30.3 Å². The fourth-order valence-corrected chi connectivity index (χ4v) is 2.75. The zero-order chi connectivity index (χ0) is 15.9. The van der Waals surface area contributed by atoms with Crippen molar-refractivity contribution in [2.24, 2.45) is 0 Å². The normalized spacial score (nSPS) is 15.3. The topological polar surface area (TPSA) is 62.3 Å². The van der Waals surface area contributed by atoms with Gasteiger partial charge in [0.15, 0.2) is 0 Å². The molecule has 23 heavy (non-hydrogen) atoms. The van der Waals surface area contributed by atoms with Crippen LogP contribution in [0.25, 0.3) is 0 Å². The molecule has 6 nitrogen and oxygen atoms in total. The Balaban J connectivity index is 1.53. The first kappa shape index (κ1) is 16.2. The summed E-state index contributed by atoms with van der Waals surface area (Å²) in [5.41, 5.74) is 0.943. The van der Waals surface area contributed by atoms with Crippen molar-refractivity contribution in [3.05, 3.63) is 41.0 Å². The van der Waals surface area contributed by atoms with Gasteiger partial charge in [-0.2, -0.15) is 4.98 Å². The SMILES string of the molecule is Brc1ccccc1Nc1nccc(NCCN2CCOCC2)n1. The van der Waals surface area contributed by atoms with Gasteiger partial charge in [0.2, 0.25) is 5.95 Å². The number of rotatable bonds is 6. The Kier molecular flexibility index (Phi) is 5.79. The molecule has 1 fully saturated rings. The Bertz CT molecular complexity index is 633. The Morgan fingerprint density at radius 3 is 2.83 bits per heavy atom. The number of nitrogens with one attached hydrogen (secondary N) is 2. The zero-order valence-corrected chi connectivity index (χ0v) is 14.4. The van der Waals surface area contributed by atoms with E-state index in [2.05, 4.69) is 41.4 Å². The number of nitrogens with zero attached hydrogens (tertiary/aromatic N) is 3. The standard InChI is InChI=1S/C16H20BrN5O/c17-13-3-1-2-4-14(13)20-16-19-6-5-15(21-16)18-7-8-22-9-11-23-12-10-22/h1-6H,7-12H2,(H2,18,19,20,21). The number of anilines is 3. The van der Waals surface area contributed by atoms with Crippen LogP contribution in [-0.2, 0) is 4.74 Å². The van der Waals surface area contributed by atoms with E-state index in [1.165, 1.54) is 0 Å². The van der Waals surface area contributed by atoms with Gasteiger partial charge in [-0.25, -0.2) is 4.98 Å². The predicted octanol–water partition coefficient (Wildman–Crippen LogP) is 2.73. The highest BCUT2D eigenvalue weighted by Gasteiger charge is 2.09. The van der Waals surface area contributed by atoms with E-state index in [-0.39, 0.29) is 0 Å². The minimum Gasteiger partial charge on any atom is -0.379 e. The lowest BCUT2D eigenvalue weighted by molar-refractivity contribution is 0.0398. The van der Waals surface area contributed by atoms with Gasteiger partial charge in [-0.05, 0) is 34.1 Å². The molecule has 0 saturated carbocycles. The van der Waals surface area contributed by atoms with Crippen LogP contribution in [0.5, 0.6) is 0 Å². The second-order valence-electron chi connectivity index (χ2n) is 5.25. The average Bonchev–Trinajstić information content (AvgIpc) is 2.58. The van der Waals surface area contributed by atoms with Crippen molar-refractivity contribution in [2.45, 2.75) is 0 Å². The highest BCUT2D eigenvalue weighted by molar-refractivity contribution is 9.10. The fraction of sp³-hybridized carbons (Fsp3) is 0.375. The van der Waals surface area contributed by atoms with E-state index in [4.69, 9.17) is 4.74 Å². The second-order valence-corrected chi connectivity index (χ2v) is 6.11. The summed E-state index contributed by atoms with van der Waals surface area (Å²) in [5, 5.41) is 6.56. The lowest BCUT2D eigenvalue weighted by Gasteiger charge is -2.26. The Labute approximate surface area is 144 Å². The minimum atomic E-state index is 0.577. The van der Waals surface area contributed by atoms with Crippen LogP contribution < -0.4 is 10.6 Å². The van der Waals surface area contributed by atoms with Crippen LogP contribution in [0.4, 0.5) is 17.5 Å². The van der Waals surface area contributed by atoms with E-state index < -0.39 is 0 Å². The maximum absolute atomic E-state index is 5.35. The fourth-order valence-electron chi connectivity index (χ4n) is 2.37.